The van der Waals surface area contributed by atoms with Crippen LogP contribution < -0.4 is 4.31 Å². The van der Waals surface area contributed by atoms with Crippen molar-refractivity contribution in [1.29, 1.82) is 0 Å². The minimum absolute atomic E-state index is 0.0541. The van der Waals surface area contributed by atoms with Gasteiger partial charge < -0.3 is 9.32 Å². The van der Waals surface area contributed by atoms with Gasteiger partial charge in [0.2, 0.25) is 15.9 Å². The molecule has 0 amide bonds. The topological polar surface area (TPSA) is 92.4 Å². The maximum absolute atomic E-state index is 13.8. The number of halogens is 4. The van der Waals surface area contributed by atoms with E-state index in [1.54, 1.807) is 36.4 Å². The molecular weight excluding hydrogens is 531 g/mol. The van der Waals surface area contributed by atoms with Crippen molar-refractivity contribution >= 4 is 27.3 Å². The smallest absolute Gasteiger partial charge is 0.314 e. The Balaban J connectivity index is 1.35. The number of nitrogens with zero attached hydrogens (tertiary/aromatic N) is 5. The number of hydrogen-bond donors (Lipinski definition) is 0. The number of likely N-dealkylation sites (tertiary alicyclic amines) is 1. The predicted molar refractivity (Wildman–Crippen MR) is 132 cm³/mol. The molecule has 3 heterocycles. The molecule has 0 unspecified atom stereocenters. The Labute approximate surface area is 217 Å². The number of aromatic nitrogens is 3. The Bertz CT molecular complexity index is 1330. The Hall–Kier alpha value is -2.70. The fraction of sp³-hybridized carbons (Fsp3) is 0.458. The second-order valence-corrected chi connectivity index (χ2v) is 11.8. The molecule has 5 rings (SSSR count). The Morgan fingerprint density at radius 3 is 2.49 bits per heavy atom. The van der Waals surface area contributed by atoms with E-state index in [0.717, 1.165) is 0 Å². The molecule has 13 heteroatoms. The third-order valence-corrected chi connectivity index (χ3v) is 9.38. The number of pyridine rings is 1. The van der Waals surface area contributed by atoms with Crippen LogP contribution in [-0.2, 0) is 16.6 Å². The lowest BCUT2D eigenvalue weighted by molar-refractivity contribution is 0.0424. The van der Waals surface area contributed by atoms with Crippen LogP contribution in [0.3, 0.4) is 0 Å². The van der Waals surface area contributed by atoms with Crippen molar-refractivity contribution in [3.05, 3.63) is 59.2 Å². The summed E-state index contributed by atoms with van der Waals surface area (Å²) in [4.78, 5) is 6.50. The summed E-state index contributed by atoms with van der Waals surface area (Å²) in [7, 11) is -3.80. The summed E-state index contributed by atoms with van der Waals surface area (Å²) in [6.45, 7) is 1.15. The SMILES string of the molecule is O=S(=O)(C1CCN(C2CC(F)C2)CC1)N(Cc1ccc(-c2nnc(C(F)F)o2)cn1)c1cccc(Cl)c1. The first-order chi connectivity index (χ1) is 17.7. The van der Waals surface area contributed by atoms with Crippen LogP contribution in [-0.4, -0.2) is 59.1 Å². The van der Waals surface area contributed by atoms with Crippen molar-refractivity contribution in [3.8, 4) is 11.5 Å². The molecule has 8 nitrogen and oxygen atoms in total. The van der Waals surface area contributed by atoms with Crippen LogP contribution in [0, 0.1) is 0 Å². The maximum Gasteiger partial charge on any atom is 0.314 e. The molecule has 3 aromatic rings. The van der Waals surface area contributed by atoms with E-state index in [1.807, 2.05) is 0 Å². The lowest BCUT2D eigenvalue weighted by Gasteiger charge is -2.43. The molecule has 2 aromatic heterocycles. The molecule has 0 radical (unpaired) electrons. The number of benzene rings is 1. The molecule has 2 fully saturated rings. The van der Waals surface area contributed by atoms with Gasteiger partial charge in [0.15, 0.2) is 0 Å². The minimum atomic E-state index is -3.80. The normalized spacial score (nSPS) is 21.2. The molecule has 1 aliphatic heterocycles. The quantitative estimate of drug-likeness (QED) is 0.385. The average molecular weight is 556 g/mol. The van der Waals surface area contributed by atoms with Crippen LogP contribution in [0.5, 0.6) is 0 Å². The number of anilines is 1. The molecule has 2 aliphatic rings. The maximum atomic E-state index is 13.8. The third-order valence-electron chi connectivity index (χ3n) is 6.88. The molecule has 0 N–H and O–H groups in total. The first-order valence-electron chi connectivity index (χ1n) is 11.9. The first kappa shape index (κ1) is 25.9. The van der Waals surface area contributed by atoms with Gasteiger partial charge in [-0.3, -0.25) is 9.29 Å². The monoisotopic (exact) mass is 555 g/mol. The van der Waals surface area contributed by atoms with E-state index in [1.165, 1.54) is 10.5 Å². The van der Waals surface area contributed by atoms with Crippen LogP contribution >= 0.6 is 11.6 Å². The predicted octanol–water partition coefficient (Wildman–Crippen LogP) is 5.02. The van der Waals surface area contributed by atoms with Crippen LogP contribution in [0.2, 0.25) is 5.02 Å². The Kier molecular flexibility index (Phi) is 7.42. The highest BCUT2D eigenvalue weighted by Gasteiger charge is 2.40. The average Bonchev–Trinajstić information content (AvgIpc) is 3.37. The molecule has 198 valence electrons. The van der Waals surface area contributed by atoms with Gasteiger partial charge in [-0.1, -0.05) is 17.7 Å². The van der Waals surface area contributed by atoms with Gasteiger partial charge in [-0.25, -0.2) is 12.8 Å². The van der Waals surface area contributed by atoms with Gasteiger partial charge in [0.25, 0.3) is 5.89 Å². The second-order valence-electron chi connectivity index (χ2n) is 9.27. The summed E-state index contributed by atoms with van der Waals surface area (Å²) in [5, 5.41) is 6.71. The first-order valence-corrected chi connectivity index (χ1v) is 13.8. The summed E-state index contributed by atoms with van der Waals surface area (Å²) >= 11 is 6.18. The summed E-state index contributed by atoms with van der Waals surface area (Å²) in [6, 6.07) is 9.94. The fourth-order valence-electron chi connectivity index (χ4n) is 4.73. The van der Waals surface area contributed by atoms with Crippen molar-refractivity contribution in [1.82, 2.24) is 20.1 Å². The van der Waals surface area contributed by atoms with E-state index in [-0.39, 0.29) is 18.5 Å². The van der Waals surface area contributed by atoms with Crippen LogP contribution in [0.1, 0.15) is 43.7 Å². The lowest BCUT2D eigenvalue weighted by Crippen LogP contribution is -2.52. The molecule has 1 saturated carbocycles. The van der Waals surface area contributed by atoms with E-state index in [9.17, 15) is 21.6 Å². The van der Waals surface area contributed by atoms with Gasteiger partial charge >= 0.3 is 6.43 Å². The third kappa shape index (κ3) is 5.60. The van der Waals surface area contributed by atoms with E-state index in [0.29, 0.717) is 60.7 Å². The van der Waals surface area contributed by atoms with Crippen molar-refractivity contribution in [2.24, 2.45) is 0 Å². The van der Waals surface area contributed by atoms with Crippen LogP contribution in [0.15, 0.2) is 47.0 Å². The molecule has 0 atom stereocenters. The highest BCUT2D eigenvalue weighted by atomic mass is 35.5. The summed E-state index contributed by atoms with van der Waals surface area (Å²) in [6.07, 6.45) is -0.343. The van der Waals surface area contributed by atoms with Gasteiger partial charge in [0.05, 0.1) is 28.7 Å². The van der Waals surface area contributed by atoms with E-state index >= 15 is 0 Å². The zero-order chi connectivity index (χ0) is 26.2. The van der Waals surface area contributed by atoms with E-state index < -0.39 is 33.8 Å². The number of rotatable bonds is 8. The van der Waals surface area contributed by atoms with E-state index in [2.05, 4.69) is 20.1 Å². The lowest BCUT2D eigenvalue weighted by atomic mass is 9.88. The van der Waals surface area contributed by atoms with Gasteiger partial charge in [0.1, 0.15) is 6.17 Å². The number of piperidine rings is 1. The largest absolute Gasteiger partial charge is 0.415 e. The highest BCUT2D eigenvalue weighted by molar-refractivity contribution is 7.93. The molecule has 1 aliphatic carbocycles. The molecular formula is C24H25ClF3N5O3S. The van der Waals surface area contributed by atoms with Crippen LogP contribution in [0.4, 0.5) is 18.9 Å². The number of sulfonamides is 1. The van der Waals surface area contributed by atoms with Gasteiger partial charge in [-0.15, -0.1) is 10.2 Å². The zero-order valence-electron chi connectivity index (χ0n) is 19.7. The summed E-state index contributed by atoms with van der Waals surface area (Å²) in [5.74, 6) is -0.892. The van der Waals surface area contributed by atoms with Gasteiger partial charge in [-0.2, -0.15) is 8.78 Å². The Morgan fingerprint density at radius 2 is 1.89 bits per heavy atom. The minimum Gasteiger partial charge on any atom is -0.415 e. The van der Waals surface area contributed by atoms with E-state index in [4.69, 9.17) is 16.0 Å². The molecule has 0 bridgehead atoms. The van der Waals surface area contributed by atoms with Gasteiger partial charge in [-0.05, 0) is 69.1 Å². The fourth-order valence-corrected chi connectivity index (χ4v) is 6.80. The standard InChI is InChI=1S/C24H25ClF3N5O3S/c25-16-2-1-3-19(10-16)33(37(34,35)21-6-8-32(9-7-21)20-11-17(26)12-20)14-18-5-4-15(13-29-18)23-30-31-24(36-23)22(27)28/h1-5,10,13,17,20-22H,6-9,11-12,14H2. The van der Waals surface area contributed by atoms with Crippen molar-refractivity contribution in [2.75, 3.05) is 17.4 Å². The zero-order valence-corrected chi connectivity index (χ0v) is 21.3. The molecule has 0 spiro atoms. The van der Waals surface area contributed by atoms with Gasteiger partial charge in [0, 0.05) is 17.3 Å². The summed E-state index contributed by atoms with van der Waals surface area (Å²) < 4.78 is 72.7. The number of hydrogen-bond acceptors (Lipinski definition) is 7. The molecule has 1 aromatic carbocycles. The number of alkyl halides is 3. The molecule has 1 saturated heterocycles. The van der Waals surface area contributed by atoms with Crippen molar-refractivity contribution in [2.45, 2.75) is 56.1 Å². The van der Waals surface area contributed by atoms with Crippen LogP contribution in [0.25, 0.3) is 11.5 Å². The Morgan fingerprint density at radius 1 is 1.14 bits per heavy atom. The second kappa shape index (κ2) is 10.6. The van der Waals surface area contributed by atoms with Crippen molar-refractivity contribution in [3.63, 3.8) is 0 Å². The summed E-state index contributed by atoms with van der Waals surface area (Å²) in [5.41, 5.74) is 1.18. The van der Waals surface area contributed by atoms with Crippen molar-refractivity contribution < 1.29 is 26.0 Å². The molecule has 37 heavy (non-hydrogen) atoms. The highest BCUT2D eigenvalue weighted by Crippen LogP contribution is 2.34.